The number of benzene rings is 2. The van der Waals surface area contributed by atoms with Gasteiger partial charge in [-0.1, -0.05) is 66.9 Å². The van der Waals surface area contributed by atoms with Crippen LogP contribution in [-0.2, 0) is 0 Å². The van der Waals surface area contributed by atoms with Crippen molar-refractivity contribution >= 4 is 29.9 Å². The predicted molar refractivity (Wildman–Crippen MR) is 115 cm³/mol. The minimum Gasteiger partial charge on any atom is -0.349 e. The zero-order valence-corrected chi connectivity index (χ0v) is 17.5. The minimum absolute atomic E-state index is 0. The molecular formula is C22H28Cl2N2O. The van der Waals surface area contributed by atoms with Gasteiger partial charge in [-0.2, -0.15) is 0 Å². The fourth-order valence-corrected chi connectivity index (χ4v) is 4.41. The van der Waals surface area contributed by atoms with Crippen LogP contribution in [0.5, 0.6) is 0 Å². The molecule has 2 aromatic carbocycles. The van der Waals surface area contributed by atoms with E-state index in [2.05, 4.69) is 48.6 Å². The Balaban J connectivity index is 0.00000261. The van der Waals surface area contributed by atoms with E-state index < -0.39 is 0 Å². The smallest absolute Gasteiger partial charge is 0.253 e. The molecule has 3 nitrogen and oxygen atoms in total. The average molecular weight is 407 g/mol. The van der Waals surface area contributed by atoms with Crippen molar-refractivity contribution < 1.29 is 4.79 Å². The van der Waals surface area contributed by atoms with E-state index in [4.69, 9.17) is 11.6 Å². The van der Waals surface area contributed by atoms with Gasteiger partial charge in [0.15, 0.2) is 0 Å². The Morgan fingerprint density at radius 2 is 1.67 bits per heavy atom. The Hall–Kier alpha value is -1.55. The summed E-state index contributed by atoms with van der Waals surface area (Å²) in [5.41, 5.74) is 1.86. The molecule has 1 saturated carbocycles. The monoisotopic (exact) mass is 406 g/mol. The van der Waals surface area contributed by atoms with Gasteiger partial charge in [0.25, 0.3) is 5.91 Å². The number of rotatable bonds is 5. The molecule has 1 fully saturated rings. The van der Waals surface area contributed by atoms with Crippen LogP contribution in [-0.4, -0.2) is 30.9 Å². The molecule has 0 aliphatic heterocycles. The second-order valence-electron chi connectivity index (χ2n) is 7.33. The second kappa shape index (κ2) is 10.1. The first-order chi connectivity index (χ1) is 12.6. The van der Waals surface area contributed by atoms with Crippen LogP contribution in [0.15, 0.2) is 54.6 Å². The normalized spacial score (nSPS) is 20.6. The fraction of sp³-hybridized carbons (Fsp3) is 0.409. The molecule has 1 unspecified atom stereocenters. The zero-order chi connectivity index (χ0) is 18.5. The molecule has 0 aromatic heterocycles. The maximum Gasteiger partial charge on any atom is 0.253 e. The molecule has 5 heteroatoms. The Bertz CT molecular complexity index is 736. The summed E-state index contributed by atoms with van der Waals surface area (Å²) < 4.78 is 0. The molecule has 1 N–H and O–H groups in total. The molecule has 0 bridgehead atoms. The largest absolute Gasteiger partial charge is 0.349 e. The van der Waals surface area contributed by atoms with Crippen LogP contribution in [0.2, 0.25) is 5.02 Å². The van der Waals surface area contributed by atoms with Gasteiger partial charge in [0.1, 0.15) is 0 Å². The van der Waals surface area contributed by atoms with Crippen molar-refractivity contribution in [2.45, 2.75) is 37.8 Å². The predicted octanol–water partition coefficient (Wildman–Crippen LogP) is 5.35. The van der Waals surface area contributed by atoms with Gasteiger partial charge in [0, 0.05) is 12.1 Å². The molecule has 3 atom stereocenters. The van der Waals surface area contributed by atoms with Crippen molar-refractivity contribution in [2.75, 3.05) is 14.1 Å². The van der Waals surface area contributed by atoms with Crippen LogP contribution >= 0.6 is 24.0 Å². The van der Waals surface area contributed by atoms with E-state index in [1.165, 1.54) is 12.0 Å². The summed E-state index contributed by atoms with van der Waals surface area (Å²) in [4.78, 5) is 15.1. The second-order valence-corrected chi connectivity index (χ2v) is 7.73. The SMILES string of the molecule is CN(C)C(c1ccccc1)[C@H]1CCCC[C@H]1NC(=O)c1ccccc1Cl.Cl. The third-order valence-corrected chi connectivity index (χ3v) is 5.69. The molecule has 0 saturated heterocycles. The number of amides is 1. The quantitative estimate of drug-likeness (QED) is 0.724. The van der Waals surface area contributed by atoms with Crippen LogP contribution < -0.4 is 5.32 Å². The molecule has 0 radical (unpaired) electrons. The summed E-state index contributed by atoms with van der Waals surface area (Å²) in [5, 5.41) is 3.79. The number of nitrogens with one attached hydrogen (secondary N) is 1. The van der Waals surface area contributed by atoms with Crippen LogP contribution in [0.1, 0.15) is 47.6 Å². The maximum atomic E-state index is 12.8. The van der Waals surface area contributed by atoms with Gasteiger partial charge in [0.2, 0.25) is 0 Å². The standard InChI is InChI=1S/C22H27ClN2O.ClH/c1-25(2)21(16-10-4-3-5-11-16)18-13-7-9-15-20(18)24-22(26)17-12-6-8-14-19(17)23;/h3-6,8,10-12,14,18,20-21H,7,9,13,15H2,1-2H3,(H,24,26);1H/t18-,20+,21?;/m0./s1. The van der Waals surface area contributed by atoms with Crippen LogP contribution in [0.4, 0.5) is 0 Å². The van der Waals surface area contributed by atoms with E-state index in [0.717, 1.165) is 19.3 Å². The van der Waals surface area contributed by atoms with Crippen molar-refractivity contribution in [3.05, 3.63) is 70.7 Å². The van der Waals surface area contributed by atoms with Crippen LogP contribution in [0.3, 0.4) is 0 Å². The molecule has 2 aromatic rings. The maximum absolute atomic E-state index is 12.8. The molecule has 0 spiro atoms. The highest BCUT2D eigenvalue weighted by Crippen LogP contribution is 2.37. The third kappa shape index (κ3) is 5.25. The number of hydrogen-bond acceptors (Lipinski definition) is 2. The zero-order valence-electron chi connectivity index (χ0n) is 15.9. The Morgan fingerprint density at radius 1 is 1.04 bits per heavy atom. The summed E-state index contributed by atoms with van der Waals surface area (Å²) in [5.74, 6) is 0.311. The topological polar surface area (TPSA) is 32.3 Å². The fourth-order valence-electron chi connectivity index (χ4n) is 4.19. The Kier molecular flexibility index (Phi) is 8.15. The summed E-state index contributed by atoms with van der Waals surface area (Å²) in [6.07, 6.45) is 4.49. The van der Waals surface area contributed by atoms with Crippen molar-refractivity contribution in [1.29, 1.82) is 0 Å². The first-order valence-corrected chi connectivity index (χ1v) is 9.72. The Labute approximate surface area is 173 Å². The van der Waals surface area contributed by atoms with Gasteiger partial charge in [-0.25, -0.2) is 0 Å². The van der Waals surface area contributed by atoms with Gasteiger partial charge in [-0.05, 0) is 50.6 Å². The van der Waals surface area contributed by atoms with E-state index >= 15 is 0 Å². The average Bonchev–Trinajstić information content (AvgIpc) is 2.64. The molecule has 1 aliphatic carbocycles. The van der Waals surface area contributed by atoms with Crippen molar-refractivity contribution in [1.82, 2.24) is 10.2 Å². The van der Waals surface area contributed by atoms with Crippen molar-refractivity contribution in [3.63, 3.8) is 0 Å². The molecule has 1 aliphatic rings. The number of carbonyl (C=O) groups excluding carboxylic acids is 1. The lowest BCUT2D eigenvalue weighted by Crippen LogP contribution is -2.46. The van der Waals surface area contributed by atoms with Crippen LogP contribution in [0.25, 0.3) is 0 Å². The van der Waals surface area contributed by atoms with E-state index in [1.54, 1.807) is 12.1 Å². The van der Waals surface area contributed by atoms with E-state index in [1.807, 2.05) is 18.2 Å². The lowest BCUT2D eigenvalue weighted by molar-refractivity contribution is 0.0845. The summed E-state index contributed by atoms with van der Waals surface area (Å²) in [6, 6.07) is 18.3. The van der Waals surface area contributed by atoms with Gasteiger partial charge in [-0.15, -0.1) is 12.4 Å². The summed E-state index contributed by atoms with van der Waals surface area (Å²) in [6.45, 7) is 0. The Morgan fingerprint density at radius 3 is 2.33 bits per heavy atom. The van der Waals surface area contributed by atoms with E-state index in [0.29, 0.717) is 16.5 Å². The first kappa shape index (κ1) is 21.7. The van der Waals surface area contributed by atoms with E-state index in [9.17, 15) is 4.79 Å². The lowest BCUT2D eigenvalue weighted by Gasteiger charge is -2.41. The molecule has 27 heavy (non-hydrogen) atoms. The molecule has 3 rings (SSSR count). The molecule has 1 amide bonds. The summed E-state index contributed by atoms with van der Waals surface area (Å²) in [7, 11) is 4.25. The number of nitrogens with zero attached hydrogens (tertiary/aromatic N) is 1. The van der Waals surface area contributed by atoms with E-state index in [-0.39, 0.29) is 30.4 Å². The summed E-state index contributed by atoms with van der Waals surface area (Å²) >= 11 is 6.21. The molecular weight excluding hydrogens is 379 g/mol. The first-order valence-electron chi connectivity index (χ1n) is 9.34. The number of carbonyl (C=O) groups is 1. The van der Waals surface area contributed by atoms with Crippen molar-refractivity contribution in [2.24, 2.45) is 5.92 Å². The van der Waals surface area contributed by atoms with Gasteiger partial charge >= 0.3 is 0 Å². The van der Waals surface area contributed by atoms with Crippen LogP contribution in [0, 0.1) is 5.92 Å². The minimum atomic E-state index is -0.0712. The molecule has 0 heterocycles. The highest BCUT2D eigenvalue weighted by atomic mass is 35.5. The highest BCUT2D eigenvalue weighted by molar-refractivity contribution is 6.33. The highest BCUT2D eigenvalue weighted by Gasteiger charge is 2.35. The third-order valence-electron chi connectivity index (χ3n) is 5.36. The van der Waals surface area contributed by atoms with Gasteiger partial charge < -0.3 is 10.2 Å². The number of halogens is 2. The van der Waals surface area contributed by atoms with Gasteiger partial charge in [0.05, 0.1) is 10.6 Å². The van der Waals surface area contributed by atoms with Gasteiger partial charge in [-0.3, -0.25) is 4.79 Å². The number of hydrogen-bond donors (Lipinski definition) is 1. The molecule has 146 valence electrons. The lowest BCUT2D eigenvalue weighted by atomic mass is 9.77. The van der Waals surface area contributed by atoms with Crippen molar-refractivity contribution in [3.8, 4) is 0 Å².